The third kappa shape index (κ3) is 1.72. The summed E-state index contributed by atoms with van der Waals surface area (Å²) in [6, 6.07) is 9.40. The molecule has 118 valence electrons. The largest absolute Gasteiger partial charge is 0.262 e. The molecule has 0 atom stereocenters. The Hall–Kier alpha value is -2.09. The fraction of sp³-hybridized carbons (Fsp3) is 0.381. The van der Waals surface area contributed by atoms with Gasteiger partial charge in [-0.25, -0.2) is 9.13 Å². The summed E-state index contributed by atoms with van der Waals surface area (Å²) in [5, 5.41) is 0. The van der Waals surface area contributed by atoms with Crippen molar-refractivity contribution in [3.8, 4) is 0 Å². The van der Waals surface area contributed by atoms with Gasteiger partial charge in [0.2, 0.25) is 0 Å². The Labute approximate surface area is 139 Å². The number of aryl methyl sites for hydroxylation is 2. The Morgan fingerprint density at radius 1 is 1.13 bits per heavy atom. The molecule has 0 fully saturated rings. The zero-order valence-electron chi connectivity index (χ0n) is 15.9. The molecule has 1 aliphatic rings. The Bertz CT molecular complexity index is 1010. The summed E-state index contributed by atoms with van der Waals surface area (Å²) in [6.45, 7) is 11.0. The molecule has 3 aromatic rings. The van der Waals surface area contributed by atoms with Crippen molar-refractivity contribution < 1.29 is 5.94 Å². The van der Waals surface area contributed by atoms with Gasteiger partial charge in [0.05, 0.1) is 14.8 Å². The highest BCUT2D eigenvalue weighted by Gasteiger charge is 2.41. The zero-order chi connectivity index (χ0) is 17.4. The van der Waals surface area contributed by atoms with Crippen LogP contribution in [0.5, 0.6) is 0 Å². The average Bonchev–Trinajstić information content (AvgIpc) is 2.85. The van der Waals surface area contributed by atoms with E-state index >= 15 is 0 Å². The smallest absolute Gasteiger partial charge is 0.229 e. The molecule has 0 N–H and O–H groups in total. The summed E-state index contributed by atoms with van der Waals surface area (Å²) in [6.07, 6.45) is 0.918. The second kappa shape index (κ2) is 4.47. The van der Waals surface area contributed by atoms with E-state index < -0.39 is 0 Å². The number of nitrogens with zero attached hydrogens (tertiary/aromatic N) is 2. The summed E-state index contributed by atoms with van der Waals surface area (Å²) in [7, 11) is 2.15. The molecular weight excluding hydrogens is 280 g/mol. The van der Waals surface area contributed by atoms with E-state index in [1.807, 2.05) is 0 Å². The van der Waals surface area contributed by atoms with Gasteiger partial charge in [-0.2, -0.15) is 0 Å². The van der Waals surface area contributed by atoms with Gasteiger partial charge >= 0.3 is 0 Å². The standard InChI is InChI=1S/C21H25N2/c1-13-11-18-20(15(3)14(13)2)22(6)19-12-16-9-7-8-10-17(16)21(4,5)23(18)19/h7-11H,12H2,1-6H3/q+1/i11T. The van der Waals surface area contributed by atoms with Gasteiger partial charge in [-0.15, -0.1) is 0 Å². The molecule has 0 saturated carbocycles. The third-order valence-electron chi connectivity index (χ3n) is 5.80. The third-order valence-corrected chi connectivity index (χ3v) is 5.80. The molecular formula is C21H25N2+. The normalized spacial score (nSPS) is 16.2. The molecule has 4 rings (SSSR count). The molecule has 0 unspecified atom stereocenters. The molecule has 0 bridgehead atoms. The number of imidazole rings is 1. The van der Waals surface area contributed by atoms with Crippen molar-refractivity contribution in [2.45, 2.75) is 46.6 Å². The maximum Gasteiger partial charge on any atom is 0.262 e. The molecule has 2 heteroatoms. The first-order valence-electron chi connectivity index (χ1n) is 8.85. The summed E-state index contributed by atoms with van der Waals surface area (Å²) in [4.78, 5) is 0. The van der Waals surface area contributed by atoms with E-state index in [0.29, 0.717) is 6.04 Å². The second-order valence-electron chi connectivity index (χ2n) is 7.40. The Morgan fingerprint density at radius 3 is 2.57 bits per heavy atom. The van der Waals surface area contributed by atoms with Crippen LogP contribution in [-0.4, -0.2) is 4.57 Å². The predicted molar refractivity (Wildman–Crippen MR) is 95.0 cm³/mol. The van der Waals surface area contributed by atoms with Gasteiger partial charge < -0.3 is 0 Å². The SMILES string of the molecule is [3H]c1c(C)c(C)c(C)c2c1n1c([n+]2C)Cc2ccccc2C1(C)C. The van der Waals surface area contributed by atoms with E-state index in [9.17, 15) is 0 Å². The molecule has 2 aromatic carbocycles. The highest BCUT2D eigenvalue weighted by atomic mass is 15.2. The van der Waals surface area contributed by atoms with Gasteiger partial charge in [0.25, 0.3) is 5.82 Å². The van der Waals surface area contributed by atoms with Gasteiger partial charge in [-0.05, 0) is 57.4 Å². The van der Waals surface area contributed by atoms with Crippen molar-refractivity contribution in [2.24, 2.45) is 7.05 Å². The minimum atomic E-state index is -0.159. The first-order valence-corrected chi connectivity index (χ1v) is 8.35. The number of aromatic nitrogens is 2. The van der Waals surface area contributed by atoms with Crippen LogP contribution in [-0.2, 0) is 19.0 Å². The van der Waals surface area contributed by atoms with Crippen LogP contribution in [0, 0.1) is 20.8 Å². The number of hydrogen-bond acceptors (Lipinski definition) is 0. The maximum absolute atomic E-state index is 8.81. The van der Waals surface area contributed by atoms with Gasteiger partial charge in [0.15, 0.2) is 11.0 Å². The van der Waals surface area contributed by atoms with E-state index in [1.54, 1.807) is 0 Å². The van der Waals surface area contributed by atoms with Crippen LogP contribution in [0.25, 0.3) is 11.0 Å². The second-order valence-corrected chi connectivity index (χ2v) is 7.40. The molecule has 1 aliphatic heterocycles. The number of rotatable bonds is 0. The molecule has 23 heavy (non-hydrogen) atoms. The lowest BCUT2D eigenvalue weighted by Crippen LogP contribution is -2.41. The Morgan fingerprint density at radius 2 is 1.83 bits per heavy atom. The fourth-order valence-corrected chi connectivity index (χ4v) is 4.31. The summed E-state index contributed by atoms with van der Waals surface area (Å²) >= 11 is 0. The van der Waals surface area contributed by atoms with E-state index in [1.165, 1.54) is 33.6 Å². The molecule has 1 aromatic heterocycles. The summed E-state index contributed by atoms with van der Waals surface area (Å²) in [5.74, 6) is 1.29. The quantitative estimate of drug-likeness (QED) is 0.553. The van der Waals surface area contributed by atoms with Crippen LogP contribution < -0.4 is 4.57 Å². The summed E-state index contributed by atoms with van der Waals surface area (Å²) < 4.78 is 13.5. The topological polar surface area (TPSA) is 8.81 Å². The van der Waals surface area contributed by atoms with Crippen molar-refractivity contribution in [1.82, 2.24) is 4.57 Å². The lowest BCUT2D eigenvalue weighted by molar-refractivity contribution is -0.654. The lowest BCUT2D eigenvalue weighted by Gasteiger charge is -2.30. The van der Waals surface area contributed by atoms with Crippen LogP contribution in [0.3, 0.4) is 0 Å². The molecule has 0 spiro atoms. The first kappa shape index (κ1) is 13.4. The van der Waals surface area contributed by atoms with Gasteiger partial charge in [-0.1, -0.05) is 24.3 Å². The summed E-state index contributed by atoms with van der Waals surface area (Å²) in [5.41, 5.74) is 8.51. The highest BCUT2D eigenvalue weighted by Crippen LogP contribution is 2.38. The van der Waals surface area contributed by atoms with Gasteiger partial charge in [0, 0.05) is 11.1 Å². The number of fused-ring (bicyclic) bond motifs is 4. The Kier molecular flexibility index (Phi) is 2.60. The molecule has 0 amide bonds. The minimum Gasteiger partial charge on any atom is -0.229 e. The van der Waals surface area contributed by atoms with E-state index in [2.05, 4.69) is 75.1 Å². The van der Waals surface area contributed by atoms with Crippen LogP contribution in [0.4, 0.5) is 0 Å². The molecule has 0 radical (unpaired) electrons. The molecule has 0 aliphatic carbocycles. The van der Waals surface area contributed by atoms with Crippen LogP contribution in [0.1, 0.15) is 48.9 Å². The van der Waals surface area contributed by atoms with Crippen molar-refractivity contribution in [3.63, 3.8) is 0 Å². The van der Waals surface area contributed by atoms with E-state index in [0.717, 1.165) is 17.5 Å². The van der Waals surface area contributed by atoms with Crippen LogP contribution >= 0.6 is 0 Å². The highest BCUT2D eigenvalue weighted by molar-refractivity contribution is 5.79. The maximum atomic E-state index is 8.81. The molecule has 2 nitrogen and oxygen atoms in total. The van der Waals surface area contributed by atoms with Crippen LogP contribution in [0.2, 0.25) is 0 Å². The number of hydrogen-bond donors (Lipinski definition) is 0. The van der Waals surface area contributed by atoms with Crippen molar-refractivity contribution in [3.05, 3.63) is 63.9 Å². The zero-order valence-corrected chi connectivity index (χ0v) is 14.9. The van der Waals surface area contributed by atoms with Gasteiger partial charge in [-0.3, -0.25) is 0 Å². The average molecular weight is 307 g/mol. The van der Waals surface area contributed by atoms with E-state index in [4.69, 9.17) is 1.37 Å². The lowest BCUT2D eigenvalue weighted by atomic mass is 9.85. The molecule has 0 saturated heterocycles. The van der Waals surface area contributed by atoms with E-state index in [-0.39, 0.29) is 5.54 Å². The fourth-order valence-electron chi connectivity index (χ4n) is 4.31. The van der Waals surface area contributed by atoms with Crippen molar-refractivity contribution in [2.75, 3.05) is 0 Å². The monoisotopic (exact) mass is 307 g/mol. The number of benzene rings is 2. The first-order chi connectivity index (χ1) is 11.3. The minimum absolute atomic E-state index is 0.159. The predicted octanol–water partition coefficient (Wildman–Crippen LogP) is 4.08. The van der Waals surface area contributed by atoms with Crippen molar-refractivity contribution in [1.29, 1.82) is 0 Å². The van der Waals surface area contributed by atoms with Gasteiger partial charge in [0.1, 0.15) is 5.54 Å². The van der Waals surface area contributed by atoms with Crippen LogP contribution in [0.15, 0.2) is 30.3 Å². The Balaban J connectivity index is 2.22. The molecule has 2 heterocycles. The van der Waals surface area contributed by atoms with Crippen molar-refractivity contribution >= 4 is 11.0 Å².